The van der Waals surface area contributed by atoms with E-state index in [-0.39, 0.29) is 0 Å². The van der Waals surface area contributed by atoms with E-state index in [0.717, 1.165) is 6.54 Å². The lowest BCUT2D eigenvalue weighted by molar-refractivity contribution is -0.669. The van der Waals surface area contributed by atoms with Gasteiger partial charge in [-0.3, -0.25) is 0 Å². The van der Waals surface area contributed by atoms with Gasteiger partial charge in [0.25, 0.3) is 0 Å². The van der Waals surface area contributed by atoms with Crippen LogP contribution in [0.25, 0.3) is 27.1 Å². The van der Waals surface area contributed by atoms with Crippen molar-refractivity contribution >= 4 is 55.9 Å². The largest absolute Gasteiger partial charge is 0.338 e. The fourth-order valence-corrected chi connectivity index (χ4v) is 5.74. The quantitative estimate of drug-likeness (QED) is 0.376. The highest BCUT2D eigenvalue weighted by molar-refractivity contribution is 8.03. The number of anilines is 1. The third-order valence-corrected chi connectivity index (χ3v) is 7.27. The number of nitrogens with zero attached hydrogens (tertiary/aromatic N) is 2. The van der Waals surface area contributed by atoms with Crippen LogP contribution < -0.4 is 9.47 Å². The Bertz CT molecular complexity index is 1220. The summed E-state index contributed by atoms with van der Waals surface area (Å²) in [6.07, 6.45) is 2.32. The molecule has 2 nitrogen and oxygen atoms in total. The zero-order valence-corrected chi connectivity index (χ0v) is 17.3. The molecule has 0 aliphatic carbocycles. The number of rotatable bonds is 2. The van der Waals surface area contributed by atoms with Gasteiger partial charge in [-0.05, 0) is 54.9 Å². The van der Waals surface area contributed by atoms with Gasteiger partial charge in [0.2, 0.25) is 11.2 Å². The Balaban J connectivity index is 1.61. The van der Waals surface area contributed by atoms with Crippen LogP contribution >= 0.6 is 23.1 Å². The first-order chi connectivity index (χ1) is 13.1. The SMILES string of the molecule is CC[n+]1c(/C=C2\Sc3cc4ccsc4cc3N2C)ccc2cc(C)ccc21. The van der Waals surface area contributed by atoms with Crippen molar-refractivity contribution in [3.05, 3.63) is 70.2 Å². The molecule has 134 valence electrons. The summed E-state index contributed by atoms with van der Waals surface area (Å²) in [7, 11) is 2.17. The molecule has 0 saturated heterocycles. The minimum atomic E-state index is 0.955. The Kier molecular flexibility index (Phi) is 3.99. The highest BCUT2D eigenvalue weighted by atomic mass is 32.2. The summed E-state index contributed by atoms with van der Waals surface area (Å²) >= 11 is 3.67. The van der Waals surface area contributed by atoms with Gasteiger partial charge in [0, 0.05) is 40.2 Å². The van der Waals surface area contributed by atoms with Gasteiger partial charge in [-0.1, -0.05) is 23.4 Å². The zero-order chi connectivity index (χ0) is 18.5. The first-order valence-electron chi connectivity index (χ1n) is 9.22. The van der Waals surface area contributed by atoms with Crippen LogP contribution in [0.3, 0.4) is 0 Å². The number of thiophene rings is 1. The van der Waals surface area contributed by atoms with Crippen LogP contribution in [0.1, 0.15) is 18.2 Å². The van der Waals surface area contributed by atoms with Crippen molar-refractivity contribution in [2.45, 2.75) is 25.3 Å². The maximum atomic E-state index is 2.40. The van der Waals surface area contributed by atoms with E-state index in [4.69, 9.17) is 0 Å². The molecular weight excluding hydrogens is 368 g/mol. The third kappa shape index (κ3) is 2.75. The van der Waals surface area contributed by atoms with E-state index >= 15 is 0 Å². The van der Waals surface area contributed by atoms with Crippen molar-refractivity contribution in [2.24, 2.45) is 0 Å². The molecule has 2 aromatic carbocycles. The minimum Gasteiger partial charge on any atom is -0.338 e. The van der Waals surface area contributed by atoms with Crippen molar-refractivity contribution < 1.29 is 4.57 Å². The van der Waals surface area contributed by atoms with Crippen molar-refractivity contribution in [2.75, 3.05) is 11.9 Å². The Hall–Kier alpha value is -2.30. The predicted octanol–water partition coefficient (Wildman–Crippen LogP) is 6.21. The number of thioether (sulfide) groups is 1. The molecule has 2 aromatic heterocycles. The monoisotopic (exact) mass is 389 g/mol. The highest BCUT2D eigenvalue weighted by Gasteiger charge is 2.24. The van der Waals surface area contributed by atoms with E-state index in [2.05, 4.69) is 90.3 Å². The summed E-state index contributed by atoms with van der Waals surface area (Å²) in [5.41, 5.74) is 5.15. The second-order valence-corrected chi connectivity index (χ2v) is 9.00. The number of aryl methyl sites for hydroxylation is 2. The van der Waals surface area contributed by atoms with Crippen LogP contribution in [0.4, 0.5) is 5.69 Å². The van der Waals surface area contributed by atoms with Crippen LogP contribution in [0.2, 0.25) is 0 Å². The second-order valence-electron chi connectivity index (χ2n) is 6.99. The number of hydrogen-bond acceptors (Lipinski definition) is 3. The maximum Gasteiger partial charge on any atom is 0.212 e. The Morgan fingerprint density at radius 2 is 1.93 bits per heavy atom. The molecular formula is C23H21N2S2+. The molecule has 1 aliphatic heterocycles. The first kappa shape index (κ1) is 16.8. The molecule has 0 unspecified atom stereocenters. The van der Waals surface area contributed by atoms with Gasteiger partial charge >= 0.3 is 0 Å². The van der Waals surface area contributed by atoms with Gasteiger partial charge in [-0.2, -0.15) is 4.57 Å². The maximum absolute atomic E-state index is 2.40. The topological polar surface area (TPSA) is 7.12 Å². The van der Waals surface area contributed by atoms with E-state index in [1.807, 2.05) is 23.1 Å². The van der Waals surface area contributed by atoms with Gasteiger partial charge in [0.1, 0.15) is 6.54 Å². The lowest BCUT2D eigenvalue weighted by atomic mass is 10.1. The Morgan fingerprint density at radius 1 is 1.04 bits per heavy atom. The summed E-state index contributed by atoms with van der Waals surface area (Å²) in [6.45, 7) is 5.32. The Labute approximate surface area is 167 Å². The van der Waals surface area contributed by atoms with Gasteiger partial charge in [-0.15, -0.1) is 11.3 Å². The van der Waals surface area contributed by atoms with E-state index in [0.29, 0.717) is 0 Å². The van der Waals surface area contributed by atoms with E-state index in [1.165, 1.54) is 47.9 Å². The second kappa shape index (κ2) is 6.39. The average molecular weight is 390 g/mol. The molecule has 0 radical (unpaired) electrons. The van der Waals surface area contributed by atoms with Gasteiger partial charge in [0.05, 0.1) is 10.7 Å². The van der Waals surface area contributed by atoms with Gasteiger partial charge in [0.15, 0.2) is 0 Å². The summed E-state index contributed by atoms with van der Waals surface area (Å²) in [4.78, 5) is 3.66. The fourth-order valence-electron chi connectivity index (χ4n) is 3.81. The molecule has 27 heavy (non-hydrogen) atoms. The molecule has 0 N–H and O–H groups in total. The molecule has 0 atom stereocenters. The number of benzene rings is 2. The van der Waals surface area contributed by atoms with Crippen molar-refractivity contribution in [1.29, 1.82) is 0 Å². The lowest BCUT2D eigenvalue weighted by Gasteiger charge is -2.13. The first-order valence-corrected chi connectivity index (χ1v) is 10.9. The molecule has 3 heterocycles. The van der Waals surface area contributed by atoms with Crippen molar-refractivity contribution in [1.82, 2.24) is 0 Å². The van der Waals surface area contributed by atoms with Crippen molar-refractivity contribution in [3.63, 3.8) is 0 Å². The summed E-state index contributed by atoms with van der Waals surface area (Å²) < 4.78 is 3.75. The molecule has 1 aliphatic rings. The number of aromatic nitrogens is 1. The van der Waals surface area contributed by atoms with Crippen LogP contribution in [0.15, 0.2) is 63.8 Å². The van der Waals surface area contributed by atoms with Crippen LogP contribution in [0.5, 0.6) is 0 Å². The van der Waals surface area contributed by atoms with Crippen molar-refractivity contribution in [3.8, 4) is 0 Å². The molecule has 4 heteroatoms. The Morgan fingerprint density at radius 3 is 2.78 bits per heavy atom. The van der Waals surface area contributed by atoms with E-state index in [1.54, 1.807) is 0 Å². The molecule has 5 rings (SSSR count). The van der Waals surface area contributed by atoms with Crippen LogP contribution in [-0.2, 0) is 6.54 Å². The average Bonchev–Trinajstić information content (AvgIpc) is 3.24. The number of pyridine rings is 1. The molecule has 0 saturated carbocycles. The lowest BCUT2D eigenvalue weighted by Crippen LogP contribution is -2.36. The third-order valence-electron chi connectivity index (χ3n) is 5.25. The molecule has 0 spiro atoms. The summed E-state index contributed by atoms with van der Waals surface area (Å²) in [5.74, 6) is 0. The summed E-state index contributed by atoms with van der Waals surface area (Å²) in [6, 6.07) is 18.0. The fraction of sp³-hybridized carbons (Fsp3) is 0.174. The molecule has 0 bridgehead atoms. The zero-order valence-electron chi connectivity index (χ0n) is 15.7. The minimum absolute atomic E-state index is 0.955. The number of hydrogen-bond donors (Lipinski definition) is 0. The van der Waals surface area contributed by atoms with Gasteiger partial charge in [-0.25, -0.2) is 0 Å². The predicted molar refractivity (Wildman–Crippen MR) is 119 cm³/mol. The van der Waals surface area contributed by atoms with E-state index < -0.39 is 0 Å². The smallest absolute Gasteiger partial charge is 0.212 e. The van der Waals surface area contributed by atoms with Crippen LogP contribution in [0, 0.1) is 6.92 Å². The number of fused-ring (bicyclic) bond motifs is 3. The standard InChI is InChI=1S/C23H21N2S2/c1-4-25-18(7-6-16-11-15(2)5-8-19(16)25)13-23-24(3)20-14-21-17(9-10-26-21)12-22(20)27-23/h5-14H,4H2,1-3H3/q+1. The molecule has 0 amide bonds. The van der Waals surface area contributed by atoms with Crippen LogP contribution in [-0.4, -0.2) is 7.05 Å². The molecule has 0 fully saturated rings. The summed E-state index contributed by atoms with van der Waals surface area (Å²) in [5, 5.41) is 6.08. The van der Waals surface area contributed by atoms with Gasteiger partial charge < -0.3 is 4.90 Å². The molecule has 4 aromatic rings. The normalized spacial score (nSPS) is 15.2. The highest BCUT2D eigenvalue weighted by Crippen LogP contribution is 2.47. The van der Waals surface area contributed by atoms with E-state index in [9.17, 15) is 0 Å².